The van der Waals surface area contributed by atoms with Gasteiger partial charge in [-0.1, -0.05) is 36.4 Å². The first-order valence-electron chi connectivity index (χ1n) is 6.41. The molecule has 1 saturated heterocycles. The van der Waals surface area contributed by atoms with Gasteiger partial charge in [-0.3, -0.25) is 4.79 Å². The second kappa shape index (κ2) is 5.83. The summed E-state index contributed by atoms with van der Waals surface area (Å²) in [6.45, 7) is 5.04. The maximum atomic E-state index is 11.9. The summed E-state index contributed by atoms with van der Waals surface area (Å²) in [7, 11) is 0. The van der Waals surface area contributed by atoms with Crippen molar-refractivity contribution in [1.82, 2.24) is 4.90 Å². The molecule has 0 saturated carbocycles. The Morgan fingerprint density at radius 3 is 2.78 bits per heavy atom. The van der Waals surface area contributed by atoms with Crippen molar-refractivity contribution in [3.05, 3.63) is 48.6 Å². The molecule has 1 aromatic carbocycles. The fourth-order valence-electron chi connectivity index (χ4n) is 2.47. The van der Waals surface area contributed by atoms with E-state index in [-0.39, 0.29) is 17.9 Å². The summed E-state index contributed by atoms with van der Waals surface area (Å²) in [6, 6.07) is 10.2. The fourth-order valence-corrected chi connectivity index (χ4v) is 2.47. The van der Waals surface area contributed by atoms with Crippen LogP contribution >= 0.6 is 0 Å². The highest BCUT2D eigenvalue weighted by Crippen LogP contribution is 2.26. The molecular formula is C15H20N2O. The average Bonchev–Trinajstić information content (AvgIpc) is 2.79. The number of carbonyl (C=O) groups excluding carboxylic acids is 1. The van der Waals surface area contributed by atoms with Gasteiger partial charge < -0.3 is 10.6 Å². The van der Waals surface area contributed by atoms with E-state index in [9.17, 15) is 4.79 Å². The van der Waals surface area contributed by atoms with Crippen LogP contribution in [0.1, 0.15) is 24.3 Å². The van der Waals surface area contributed by atoms with Crippen molar-refractivity contribution in [2.45, 2.75) is 24.8 Å². The monoisotopic (exact) mass is 244 g/mol. The molecule has 3 heteroatoms. The number of amides is 1. The van der Waals surface area contributed by atoms with Crippen LogP contribution in [0, 0.1) is 0 Å². The number of nitrogens with two attached hydrogens (primary N) is 1. The van der Waals surface area contributed by atoms with Crippen LogP contribution in [-0.4, -0.2) is 29.9 Å². The van der Waals surface area contributed by atoms with Crippen LogP contribution in [0.15, 0.2) is 43.0 Å². The quantitative estimate of drug-likeness (QED) is 0.822. The van der Waals surface area contributed by atoms with Gasteiger partial charge in [0.15, 0.2) is 0 Å². The molecule has 0 aliphatic carbocycles. The van der Waals surface area contributed by atoms with Crippen LogP contribution < -0.4 is 5.73 Å². The van der Waals surface area contributed by atoms with Gasteiger partial charge in [0.25, 0.3) is 0 Å². The third-order valence-corrected chi connectivity index (χ3v) is 3.51. The summed E-state index contributed by atoms with van der Waals surface area (Å²) >= 11 is 0. The number of nitrogens with zero attached hydrogens (tertiary/aromatic N) is 1. The van der Waals surface area contributed by atoms with Crippen LogP contribution in [0.5, 0.6) is 0 Å². The van der Waals surface area contributed by atoms with Crippen molar-refractivity contribution >= 4 is 5.91 Å². The molecule has 1 aliphatic rings. The van der Waals surface area contributed by atoms with Gasteiger partial charge in [0.05, 0.1) is 0 Å². The predicted molar refractivity (Wildman–Crippen MR) is 73.2 cm³/mol. The Balaban J connectivity index is 2.01. The summed E-state index contributed by atoms with van der Waals surface area (Å²) in [5.74, 6) is 0.447. The highest BCUT2D eigenvalue weighted by atomic mass is 16.2. The normalized spacial score (nSPS) is 23.1. The molecule has 18 heavy (non-hydrogen) atoms. The first-order chi connectivity index (χ1) is 8.72. The maximum Gasteiger partial charge on any atom is 0.222 e. The van der Waals surface area contributed by atoms with Gasteiger partial charge in [0.2, 0.25) is 5.91 Å². The summed E-state index contributed by atoms with van der Waals surface area (Å²) in [6.07, 6.45) is 3.06. The van der Waals surface area contributed by atoms with Crippen molar-refractivity contribution in [2.75, 3.05) is 13.1 Å². The van der Waals surface area contributed by atoms with Gasteiger partial charge in [0, 0.05) is 31.5 Å². The van der Waals surface area contributed by atoms with E-state index in [1.807, 2.05) is 23.1 Å². The number of carbonyl (C=O) groups is 1. The Kier molecular flexibility index (Phi) is 4.15. The first-order valence-corrected chi connectivity index (χ1v) is 6.41. The van der Waals surface area contributed by atoms with E-state index >= 15 is 0 Å². The second-order valence-corrected chi connectivity index (χ2v) is 4.81. The van der Waals surface area contributed by atoms with E-state index in [0.29, 0.717) is 13.0 Å². The molecule has 0 spiro atoms. The number of hydrogen-bond acceptors (Lipinski definition) is 2. The second-order valence-electron chi connectivity index (χ2n) is 4.81. The summed E-state index contributed by atoms with van der Waals surface area (Å²) in [5.41, 5.74) is 7.38. The molecule has 1 fully saturated rings. The molecule has 0 bridgehead atoms. The standard InChI is InChI=1S/C15H20N2O/c1-2-3-9-15(18)17-10-13(14(16)11-17)12-7-5-4-6-8-12/h2,4-8,13-14H,1,3,9-11,16H2/t13-,14+/m0/s1. The smallest absolute Gasteiger partial charge is 0.222 e. The van der Waals surface area contributed by atoms with Crippen LogP contribution in [-0.2, 0) is 4.79 Å². The number of allylic oxidation sites excluding steroid dienone is 1. The topological polar surface area (TPSA) is 46.3 Å². The third kappa shape index (κ3) is 2.79. The minimum absolute atomic E-state index is 0.0417. The minimum Gasteiger partial charge on any atom is -0.340 e. The molecule has 3 nitrogen and oxygen atoms in total. The van der Waals surface area contributed by atoms with Crippen molar-refractivity contribution in [3.8, 4) is 0 Å². The summed E-state index contributed by atoms with van der Waals surface area (Å²) in [4.78, 5) is 13.8. The van der Waals surface area contributed by atoms with Crippen LogP contribution in [0.3, 0.4) is 0 Å². The SMILES string of the molecule is C=CCCC(=O)N1C[C@@H](N)[C@H](c2ccccc2)C1. The molecule has 1 aliphatic heterocycles. The van der Waals surface area contributed by atoms with Crippen LogP contribution in [0.4, 0.5) is 0 Å². The average molecular weight is 244 g/mol. The van der Waals surface area contributed by atoms with Crippen LogP contribution in [0.25, 0.3) is 0 Å². The van der Waals surface area contributed by atoms with Gasteiger partial charge >= 0.3 is 0 Å². The van der Waals surface area contributed by atoms with E-state index in [1.54, 1.807) is 6.08 Å². The largest absolute Gasteiger partial charge is 0.340 e. The molecule has 1 amide bonds. The molecule has 0 unspecified atom stereocenters. The Labute approximate surface area is 108 Å². The molecule has 2 atom stereocenters. The molecule has 0 radical (unpaired) electrons. The molecule has 1 aromatic rings. The molecule has 1 heterocycles. The predicted octanol–water partition coefficient (Wildman–Crippen LogP) is 1.91. The van der Waals surface area contributed by atoms with Gasteiger partial charge in [0.1, 0.15) is 0 Å². The number of hydrogen-bond donors (Lipinski definition) is 1. The van der Waals surface area contributed by atoms with Crippen molar-refractivity contribution in [1.29, 1.82) is 0 Å². The Morgan fingerprint density at radius 1 is 1.39 bits per heavy atom. The van der Waals surface area contributed by atoms with E-state index < -0.39 is 0 Å². The zero-order valence-electron chi connectivity index (χ0n) is 10.6. The van der Waals surface area contributed by atoms with E-state index in [0.717, 1.165) is 13.0 Å². The Bertz CT molecular complexity index is 416. The molecular weight excluding hydrogens is 224 g/mol. The van der Waals surface area contributed by atoms with Gasteiger partial charge in [-0.05, 0) is 12.0 Å². The summed E-state index contributed by atoms with van der Waals surface area (Å²) in [5, 5.41) is 0. The van der Waals surface area contributed by atoms with Gasteiger partial charge in [-0.2, -0.15) is 0 Å². The lowest BCUT2D eigenvalue weighted by Crippen LogP contribution is -2.31. The molecule has 2 N–H and O–H groups in total. The molecule has 0 aromatic heterocycles. The van der Waals surface area contributed by atoms with Crippen molar-refractivity contribution < 1.29 is 4.79 Å². The highest BCUT2D eigenvalue weighted by Gasteiger charge is 2.33. The maximum absolute atomic E-state index is 11.9. The fraction of sp³-hybridized carbons (Fsp3) is 0.400. The van der Waals surface area contributed by atoms with E-state index in [1.165, 1.54) is 5.56 Å². The number of rotatable bonds is 4. The Morgan fingerprint density at radius 2 is 2.11 bits per heavy atom. The molecule has 96 valence electrons. The minimum atomic E-state index is 0.0417. The highest BCUT2D eigenvalue weighted by molar-refractivity contribution is 5.77. The Hall–Kier alpha value is -1.61. The van der Waals surface area contributed by atoms with Gasteiger partial charge in [-0.15, -0.1) is 6.58 Å². The van der Waals surface area contributed by atoms with Crippen molar-refractivity contribution in [2.24, 2.45) is 5.73 Å². The van der Waals surface area contributed by atoms with Crippen LogP contribution in [0.2, 0.25) is 0 Å². The zero-order chi connectivity index (χ0) is 13.0. The van der Waals surface area contributed by atoms with E-state index in [4.69, 9.17) is 5.73 Å². The number of benzene rings is 1. The lowest BCUT2D eigenvalue weighted by Gasteiger charge is -2.16. The number of likely N-dealkylation sites (tertiary alicyclic amines) is 1. The first kappa shape index (κ1) is 12.8. The van der Waals surface area contributed by atoms with E-state index in [2.05, 4.69) is 18.7 Å². The lowest BCUT2D eigenvalue weighted by atomic mass is 9.95. The summed E-state index contributed by atoms with van der Waals surface area (Å²) < 4.78 is 0. The van der Waals surface area contributed by atoms with Gasteiger partial charge in [-0.25, -0.2) is 0 Å². The molecule has 2 rings (SSSR count). The van der Waals surface area contributed by atoms with Crippen molar-refractivity contribution in [3.63, 3.8) is 0 Å². The zero-order valence-corrected chi connectivity index (χ0v) is 10.6. The third-order valence-electron chi connectivity index (χ3n) is 3.51. The lowest BCUT2D eigenvalue weighted by molar-refractivity contribution is -0.130.